The second kappa shape index (κ2) is 5.45. The van der Waals surface area contributed by atoms with E-state index in [2.05, 4.69) is 37.5 Å². The van der Waals surface area contributed by atoms with Crippen molar-refractivity contribution in [2.75, 3.05) is 6.54 Å². The van der Waals surface area contributed by atoms with Gasteiger partial charge in [-0.2, -0.15) is 0 Å². The van der Waals surface area contributed by atoms with Crippen LogP contribution in [0.1, 0.15) is 40.5 Å². The Balaban J connectivity index is 2.43. The van der Waals surface area contributed by atoms with E-state index < -0.39 is 0 Å². The minimum Gasteiger partial charge on any atom is -0.302 e. The molecule has 0 aliphatic carbocycles. The van der Waals surface area contributed by atoms with Crippen molar-refractivity contribution in [3.63, 3.8) is 0 Å². The summed E-state index contributed by atoms with van der Waals surface area (Å²) in [4.78, 5) is 22.5. The van der Waals surface area contributed by atoms with Crippen LogP contribution in [0.3, 0.4) is 0 Å². The van der Waals surface area contributed by atoms with Crippen molar-refractivity contribution >= 4 is 11.8 Å². The molecule has 1 atom stereocenters. The van der Waals surface area contributed by atoms with Gasteiger partial charge in [0.05, 0.1) is 6.04 Å². The fraction of sp³-hybridized carbons (Fsp3) is 0.692. The van der Waals surface area contributed by atoms with Crippen molar-refractivity contribution in [2.45, 2.75) is 46.6 Å². The van der Waals surface area contributed by atoms with Gasteiger partial charge in [0.25, 0.3) is 0 Å². The van der Waals surface area contributed by atoms with Crippen LogP contribution >= 0.6 is 0 Å². The fourth-order valence-electron chi connectivity index (χ4n) is 1.96. The smallest absolute Gasteiger partial charge is 0.243 e. The van der Waals surface area contributed by atoms with Crippen LogP contribution < -0.4 is 10.6 Å². The second-order valence-corrected chi connectivity index (χ2v) is 5.74. The quantitative estimate of drug-likeness (QED) is 0.577. The number of rotatable bonds is 3. The molecule has 1 unspecified atom stereocenters. The molecule has 0 bridgehead atoms. The molecule has 1 rings (SSSR count). The highest BCUT2D eigenvalue weighted by Gasteiger charge is 2.25. The third-order valence-corrected chi connectivity index (χ3v) is 2.55. The molecule has 1 aliphatic rings. The minimum absolute atomic E-state index is 0.149. The Bertz CT molecular complexity index is 340. The largest absolute Gasteiger partial charge is 0.302 e. The number of hydrogen-bond acceptors (Lipinski definition) is 3. The van der Waals surface area contributed by atoms with Gasteiger partial charge in [-0.3, -0.25) is 14.9 Å². The average Bonchev–Trinajstić information content (AvgIpc) is 2.13. The predicted octanol–water partition coefficient (Wildman–Crippen LogP) is 1.37. The maximum absolute atomic E-state index is 11.5. The topological polar surface area (TPSA) is 58.2 Å². The summed E-state index contributed by atoms with van der Waals surface area (Å²) in [6.07, 6.45) is 3.20. The Morgan fingerprint density at radius 3 is 2.65 bits per heavy atom. The van der Waals surface area contributed by atoms with Crippen LogP contribution in [0.15, 0.2) is 11.6 Å². The summed E-state index contributed by atoms with van der Waals surface area (Å²) in [6, 6.07) is -0.240. The number of amides is 2. The van der Waals surface area contributed by atoms with E-state index >= 15 is 0 Å². The second-order valence-electron chi connectivity index (χ2n) is 5.74. The van der Waals surface area contributed by atoms with Crippen molar-refractivity contribution in [2.24, 2.45) is 5.41 Å². The molecule has 0 saturated carbocycles. The highest BCUT2D eigenvalue weighted by Crippen LogP contribution is 2.17. The van der Waals surface area contributed by atoms with E-state index in [1.54, 1.807) is 0 Å². The minimum atomic E-state index is -0.240. The molecule has 0 radical (unpaired) electrons. The first-order valence-corrected chi connectivity index (χ1v) is 6.03. The number of nitrogens with one attached hydrogen (secondary N) is 2. The molecule has 2 amide bonds. The first kappa shape index (κ1) is 13.9. The van der Waals surface area contributed by atoms with Crippen LogP contribution in [0.25, 0.3) is 0 Å². The zero-order valence-electron chi connectivity index (χ0n) is 11.1. The van der Waals surface area contributed by atoms with E-state index in [1.807, 2.05) is 6.92 Å². The Morgan fingerprint density at radius 2 is 2.12 bits per heavy atom. The number of carbonyl (C=O) groups excluding carboxylic acids is 2. The number of allylic oxidation sites excluding steroid dienone is 1. The lowest BCUT2D eigenvalue weighted by molar-refractivity contribution is -0.134. The predicted molar refractivity (Wildman–Crippen MR) is 67.4 cm³/mol. The highest BCUT2D eigenvalue weighted by molar-refractivity contribution is 6.00. The van der Waals surface area contributed by atoms with E-state index in [4.69, 9.17) is 0 Å². The van der Waals surface area contributed by atoms with Crippen molar-refractivity contribution < 1.29 is 9.59 Å². The van der Waals surface area contributed by atoms with Gasteiger partial charge in [0, 0.05) is 13.0 Å². The van der Waals surface area contributed by atoms with E-state index in [1.165, 1.54) is 5.57 Å². The summed E-state index contributed by atoms with van der Waals surface area (Å²) in [5, 5.41) is 5.52. The molecule has 1 heterocycles. The van der Waals surface area contributed by atoms with Crippen LogP contribution in [0.2, 0.25) is 0 Å². The molecule has 0 aromatic heterocycles. The van der Waals surface area contributed by atoms with E-state index in [9.17, 15) is 9.59 Å². The SMILES string of the molecule is C/C(=C\C(C)(C)C)CNC1CCC(=O)NC1=O. The fourth-order valence-corrected chi connectivity index (χ4v) is 1.96. The van der Waals surface area contributed by atoms with Crippen LogP contribution in [-0.2, 0) is 9.59 Å². The summed E-state index contributed by atoms with van der Waals surface area (Å²) >= 11 is 0. The number of piperidine rings is 1. The molecule has 96 valence electrons. The molecule has 0 aromatic rings. The normalized spacial score (nSPS) is 22.6. The molecule has 1 fully saturated rings. The maximum Gasteiger partial charge on any atom is 0.243 e. The first-order chi connectivity index (χ1) is 7.78. The third-order valence-electron chi connectivity index (χ3n) is 2.55. The van der Waals surface area contributed by atoms with E-state index in [0.29, 0.717) is 19.4 Å². The lowest BCUT2D eigenvalue weighted by Crippen LogP contribution is -2.50. The summed E-state index contributed by atoms with van der Waals surface area (Å²) < 4.78 is 0. The van der Waals surface area contributed by atoms with Gasteiger partial charge in [-0.25, -0.2) is 0 Å². The van der Waals surface area contributed by atoms with Crippen LogP contribution in [0.5, 0.6) is 0 Å². The molecular weight excluding hydrogens is 216 g/mol. The van der Waals surface area contributed by atoms with Gasteiger partial charge in [0.15, 0.2) is 0 Å². The van der Waals surface area contributed by atoms with Crippen molar-refractivity contribution in [1.82, 2.24) is 10.6 Å². The van der Waals surface area contributed by atoms with Crippen LogP contribution in [-0.4, -0.2) is 24.4 Å². The van der Waals surface area contributed by atoms with Gasteiger partial charge in [-0.1, -0.05) is 32.4 Å². The summed E-state index contributed by atoms with van der Waals surface area (Å²) in [5.74, 6) is -0.375. The van der Waals surface area contributed by atoms with Crippen molar-refractivity contribution in [3.05, 3.63) is 11.6 Å². The standard InChI is InChI=1S/C13H22N2O2/c1-9(7-13(2,3)4)8-14-10-5-6-11(16)15-12(10)17/h7,10,14H,5-6,8H2,1-4H3,(H,15,16,17)/b9-7+. The molecule has 0 aromatic carbocycles. The lowest BCUT2D eigenvalue weighted by Gasteiger charge is -2.22. The molecule has 0 spiro atoms. The Labute approximate surface area is 103 Å². The van der Waals surface area contributed by atoms with Crippen LogP contribution in [0.4, 0.5) is 0 Å². The maximum atomic E-state index is 11.5. The molecular formula is C13H22N2O2. The van der Waals surface area contributed by atoms with Gasteiger partial charge < -0.3 is 5.32 Å². The Kier molecular flexibility index (Phi) is 4.46. The van der Waals surface area contributed by atoms with Gasteiger partial charge in [-0.15, -0.1) is 0 Å². The van der Waals surface area contributed by atoms with Gasteiger partial charge in [-0.05, 0) is 18.8 Å². The Morgan fingerprint density at radius 1 is 1.47 bits per heavy atom. The van der Waals surface area contributed by atoms with E-state index in [-0.39, 0.29) is 23.3 Å². The summed E-state index contributed by atoms with van der Waals surface area (Å²) in [7, 11) is 0. The van der Waals surface area contributed by atoms with Crippen molar-refractivity contribution in [3.8, 4) is 0 Å². The molecule has 1 aliphatic heterocycles. The van der Waals surface area contributed by atoms with Gasteiger partial charge >= 0.3 is 0 Å². The molecule has 17 heavy (non-hydrogen) atoms. The first-order valence-electron chi connectivity index (χ1n) is 6.03. The number of hydrogen-bond donors (Lipinski definition) is 2. The zero-order valence-corrected chi connectivity index (χ0v) is 11.1. The molecule has 4 heteroatoms. The molecule has 4 nitrogen and oxygen atoms in total. The molecule has 1 saturated heterocycles. The Hall–Kier alpha value is -1.16. The summed E-state index contributed by atoms with van der Waals surface area (Å²) in [5.41, 5.74) is 1.36. The summed E-state index contributed by atoms with van der Waals surface area (Å²) in [6.45, 7) is 9.15. The molecule has 2 N–H and O–H groups in total. The zero-order chi connectivity index (χ0) is 13.1. The highest BCUT2D eigenvalue weighted by atomic mass is 16.2. The van der Waals surface area contributed by atoms with E-state index in [0.717, 1.165) is 0 Å². The van der Waals surface area contributed by atoms with Gasteiger partial charge in [0.1, 0.15) is 0 Å². The monoisotopic (exact) mass is 238 g/mol. The third kappa shape index (κ3) is 5.13. The number of imide groups is 1. The lowest BCUT2D eigenvalue weighted by atomic mass is 9.94. The van der Waals surface area contributed by atoms with Gasteiger partial charge in [0.2, 0.25) is 11.8 Å². The average molecular weight is 238 g/mol. The van der Waals surface area contributed by atoms with Crippen molar-refractivity contribution in [1.29, 1.82) is 0 Å². The number of carbonyl (C=O) groups is 2. The van der Waals surface area contributed by atoms with Crippen LogP contribution in [0, 0.1) is 5.41 Å².